The van der Waals surface area contributed by atoms with Crippen LogP contribution in [0.3, 0.4) is 0 Å². The Hall–Kier alpha value is -1.35. The maximum atomic E-state index is 11.8. The van der Waals surface area contributed by atoms with Crippen LogP contribution < -0.4 is 10.6 Å². The minimum atomic E-state index is 0.0389. The molecular formula is C15H22N2O. The molecule has 1 amide bonds. The fourth-order valence-electron chi connectivity index (χ4n) is 2.39. The maximum absolute atomic E-state index is 11.8. The van der Waals surface area contributed by atoms with Crippen LogP contribution in [0, 0.1) is 0 Å². The Morgan fingerprint density at radius 2 is 2.22 bits per heavy atom. The van der Waals surface area contributed by atoms with E-state index in [1.165, 1.54) is 5.56 Å². The second kappa shape index (κ2) is 6.55. The van der Waals surface area contributed by atoms with E-state index < -0.39 is 0 Å². The summed E-state index contributed by atoms with van der Waals surface area (Å²) in [4.78, 5) is 11.8. The van der Waals surface area contributed by atoms with Gasteiger partial charge in [-0.05, 0) is 37.3 Å². The third-order valence-electron chi connectivity index (χ3n) is 3.62. The van der Waals surface area contributed by atoms with Gasteiger partial charge in [0, 0.05) is 6.54 Å². The maximum Gasteiger partial charge on any atom is 0.237 e. The van der Waals surface area contributed by atoms with Gasteiger partial charge in [0.1, 0.15) is 0 Å². The highest BCUT2D eigenvalue weighted by Crippen LogP contribution is 2.17. The van der Waals surface area contributed by atoms with Gasteiger partial charge in [0.15, 0.2) is 0 Å². The molecule has 1 aromatic rings. The lowest BCUT2D eigenvalue weighted by Gasteiger charge is -2.14. The van der Waals surface area contributed by atoms with Crippen molar-refractivity contribution in [2.75, 3.05) is 13.1 Å². The number of hydrogen-bond donors (Lipinski definition) is 2. The molecule has 0 saturated carbocycles. The molecule has 3 heteroatoms. The van der Waals surface area contributed by atoms with Gasteiger partial charge in [0.25, 0.3) is 0 Å². The lowest BCUT2D eigenvalue weighted by Crippen LogP contribution is -2.40. The molecule has 1 aromatic carbocycles. The highest BCUT2D eigenvalue weighted by Gasteiger charge is 2.21. The van der Waals surface area contributed by atoms with Crippen molar-refractivity contribution < 1.29 is 4.79 Å². The zero-order chi connectivity index (χ0) is 12.8. The second-order valence-electron chi connectivity index (χ2n) is 5.04. The molecule has 1 saturated heterocycles. The number of benzene rings is 1. The van der Waals surface area contributed by atoms with Gasteiger partial charge >= 0.3 is 0 Å². The number of nitrogens with one attached hydrogen (secondary N) is 2. The van der Waals surface area contributed by atoms with Crippen LogP contribution in [0.2, 0.25) is 0 Å². The summed E-state index contributed by atoms with van der Waals surface area (Å²) >= 11 is 0. The zero-order valence-electron chi connectivity index (χ0n) is 11.0. The summed E-state index contributed by atoms with van der Waals surface area (Å²) in [6.07, 6.45) is 3.07. The molecule has 18 heavy (non-hydrogen) atoms. The lowest BCUT2D eigenvalue weighted by atomic mass is 9.98. The van der Waals surface area contributed by atoms with Gasteiger partial charge in [-0.3, -0.25) is 4.79 Å². The van der Waals surface area contributed by atoms with E-state index >= 15 is 0 Å². The van der Waals surface area contributed by atoms with Crippen LogP contribution in [0.15, 0.2) is 30.3 Å². The molecule has 0 spiro atoms. The van der Waals surface area contributed by atoms with Crippen LogP contribution in [0.1, 0.15) is 37.7 Å². The van der Waals surface area contributed by atoms with Gasteiger partial charge in [-0.2, -0.15) is 0 Å². The Morgan fingerprint density at radius 3 is 2.89 bits per heavy atom. The molecule has 98 valence electrons. The highest BCUT2D eigenvalue weighted by molar-refractivity contribution is 5.81. The summed E-state index contributed by atoms with van der Waals surface area (Å²) in [7, 11) is 0. The van der Waals surface area contributed by atoms with Gasteiger partial charge in [0.05, 0.1) is 6.04 Å². The molecule has 2 N–H and O–H groups in total. The molecule has 1 fully saturated rings. The Kier molecular flexibility index (Phi) is 4.76. The molecule has 3 nitrogen and oxygen atoms in total. The summed E-state index contributed by atoms with van der Waals surface area (Å²) < 4.78 is 0. The van der Waals surface area contributed by atoms with Gasteiger partial charge in [0.2, 0.25) is 5.91 Å². The summed E-state index contributed by atoms with van der Waals surface area (Å²) in [5.41, 5.74) is 1.34. The first kappa shape index (κ1) is 13.1. The van der Waals surface area contributed by atoms with E-state index in [1.54, 1.807) is 0 Å². The van der Waals surface area contributed by atoms with Crippen molar-refractivity contribution in [2.24, 2.45) is 0 Å². The molecule has 1 unspecified atom stereocenters. The predicted octanol–water partition coefficient (Wildman–Crippen LogP) is 2.05. The Morgan fingerprint density at radius 1 is 1.44 bits per heavy atom. The average molecular weight is 246 g/mol. The molecule has 1 aliphatic rings. The Labute approximate surface area is 109 Å². The first-order valence-electron chi connectivity index (χ1n) is 6.83. The van der Waals surface area contributed by atoms with E-state index in [9.17, 15) is 4.79 Å². The Bertz CT molecular complexity index is 371. The van der Waals surface area contributed by atoms with Gasteiger partial charge in [-0.1, -0.05) is 37.3 Å². The minimum absolute atomic E-state index is 0.0389. The standard InChI is InChI=1S/C15H22N2O/c1-12(13-6-3-2-4-7-13)9-11-17-15(18)14-8-5-10-16-14/h2-4,6-7,12,14,16H,5,8-11H2,1H3,(H,17,18)/t12?,14-/m1/s1. The summed E-state index contributed by atoms with van der Waals surface area (Å²) in [5.74, 6) is 0.649. The topological polar surface area (TPSA) is 41.1 Å². The van der Waals surface area contributed by atoms with Crippen molar-refractivity contribution in [3.63, 3.8) is 0 Å². The molecule has 0 aromatic heterocycles. The third-order valence-corrected chi connectivity index (χ3v) is 3.62. The number of carbonyl (C=O) groups is 1. The quantitative estimate of drug-likeness (QED) is 0.835. The van der Waals surface area contributed by atoms with Crippen LogP contribution in [0.25, 0.3) is 0 Å². The predicted molar refractivity (Wildman–Crippen MR) is 73.5 cm³/mol. The number of amides is 1. The molecular weight excluding hydrogens is 224 g/mol. The fraction of sp³-hybridized carbons (Fsp3) is 0.533. The fourth-order valence-corrected chi connectivity index (χ4v) is 2.39. The molecule has 0 radical (unpaired) electrons. The van der Waals surface area contributed by atoms with Crippen LogP contribution >= 0.6 is 0 Å². The SMILES string of the molecule is CC(CCNC(=O)[C@H]1CCCN1)c1ccccc1. The summed E-state index contributed by atoms with van der Waals surface area (Å²) in [5, 5.41) is 6.24. The van der Waals surface area contributed by atoms with Gasteiger partial charge in [-0.15, -0.1) is 0 Å². The molecule has 1 heterocycles. The third kappa shape index (κ3) is 3.57. The summed E-state index contributed by atoms with van der Waals surface area (Å²) in [6.45, 7) is 3.93. The molecule has 0 bridgehead atoms. The number of rotatable bonds is 5. The Balaban J connectivity index is 1.70. The average Bonchev–Trinajstić information content (AvgIpc) is 2.93. The lowest BCUT2D eigenvalue weighted by molar-refractivity contribution is -0.122. The van der Waals surface area contributed by atoms with E-state index in [2.05, 4.69) is 41.8 Å². The van der Waals surface area contributed by atoms with Crippen LogP contribution in [0.4, 0.5) is 0 Å². The first-order valence-corrected chi connectivity index (χ1v) is 6.83. The van der Waals surface area contributed by atoms with Gasteiger partial charge in [-0.25, -0.2) is 0 Å². The van der Waals surface area contributed by atoms with Crippen molar-refractivity contribution in [1.29, 1.82) is 0 Å². The van der Waals surface area contributed by atoms with E-state index in [1.807, 2.05) is 6.07 Å². The van der Waals surface area contributed by atoms with Crippen molar-refractivity contribution >= 4 is 5.91 Å². The van der Waals surface area contributed by atoms with E-state index in [-0.39, 0.29) is 11.9 Å². The minimum Gasteiger partial charge on any atom is -0.355 e. The van der Waals surface area contributed by atoms with E-state index in [4.69, 9.17) is 0 Å². The van der Waals surface area contributed by atoms with Crippen molar-refractivity contribution in [3.8, 4) is 0 Å². The number of carbonyl (C=O) groups excluding carboxylic acids is 1. The van der Waals surface area contributed by atoms with Crippen LogP contribution in [0.5, 0.6) is 0 Å². The van der Waals surface area contributed by atoms with Crippen LogP contribution in [-0.4, -0.2) is 25.0 Å². The first-order chi connectivity index (χ1) is 8.77. The molecule has 1 aliphatic heterocycles. The summed E-state index contributed by atoms with van der Waals surface area (Å²) in [6, 6.07) is 10.5. The van der Waals surface area contributed by atoms with E-state index in [0.717, 1.165) is 32.4 Å². The van der Waals surface area contributed by atoms with Gasteiger partial charge < -0.3 is 10.6 Å². The monoisotopic (exact) mass is 246 g/mol. The molecule has 2 atom stereocenters. The zero-order valence-corrected chi connectivity index (χ0v) is 11.0. The highest BCUT2D eigenvalue weighted by atomic mass is 16.2. The van der Waals surface area contributed by atoms with Crippen LogP contribution in [-0.2, 0) is 4.79 Å². The van der Waals surface area contributed by atoms with E-state index in [0.29, 0.717) is 5.92 Å². The largest absolute Gasteiger partial charge is 0.355 e. The number of hydrogen-bond acceptors (Lipinski definition) is 2. The second-order valence-corrected chi connectivity index (χ2v) is 5.04. The van der Waals surface area contributed by atoms with Crippen molar-refractivity contribution in [1.82, 2.24) is 10.6 Å². The van der Waals surface area contributed by atoms with Crippen molar-refractivity contribution in [3.05, 3.63) is 35.9 Å². The molecule has 0 aliphatic carbocycles. The molecule has 2 rings (SSSR count). The van der Waals surface area contributed by atoms with Crippen molar-refractivity contribution in [2.45, 2.75) is 38.1 Å². The smallest absolute Gasteiger partial charge is 0.237 e. The normalized spacial score (nSPS) is 20.6.